The molecule has 6 nitrogen and oxygen atoms in total. The molecule has 6 heteroatoms. The van der Waals surface area contributed by atoms with Gasteiger partial charge in [-0.15, -0.1) is 0 Å². The van der Waals surface area contributed by atoms with Crippen LogP contribution < -0.4 is 16.4 Å². The van der Waals surface area contributed by atoms with Crippen LogP contribution in [0.25, 0.3) is 0 Å². The van der Waals surface area contributed by atoms with E-state index >= 15 is 0 Å². The van der Waals surface area contributed by atoms with Crippen molar-refractivity contribution in [1.82, 2.24) is 15.1 Å². The third-order valence-corrected chi connectivity index (χ3v) is 4.51. The molecule has 1 saturated heterocycles. The molecule has 0 spiro atoms. The number of rotatable bonds is 7. The molecule has 1 fully saturated rings. The van der Waals surface area contributed by atoms with E-state index in [-0.39, 0.29) is 5.91 Å². The fourth-order valence-electron chi connectivity index (χ4n) is 2.65. The van der Waals surface area contributed by atoms with Crippen LogP contribution in [0.4, 0.5) is 11.4 Å². The van der Waals surface area contributed by atoms with Crippen molar-refractivity contribution in [2.75, 3.05) is 57.9 Å². The Labute approximate surface area is 158 Å². The summed E-state index contributed by atoms with van der Waals surface area (Å²) in [5, 5.41) is 6.09. The lowest BCUT2D eigenvalue weighted by atomic mass is 10.1. The van der Waals surface area contributed by atoms with E-state index < -0.39 is 0 Å². The highest BCUT2D eigenvalue weighted by atomic mass is 16.1. The van der Waals surface area contributed by atoms with E-state index in [0.29, 0.717) is 5.92 Å². The van der Waals surface area contributed by atoms with Crippen LogP contribution in [-0.4, -0.2) is 62.5 Å². The highest BCUT2D eigenvalue weighted by molar-refractivity contribution is 5.72. The number of hydrogen-bond acceptors (Lipinski definition) is 5. The van der Waals surface area contributed by atoms with Crippen LogP contribution in [0.15, 0.2) is 36.5 Å². The van der Waals surface area contributed by atoms with Crippen LogP contribution in [0.2, 0.25) is 0 Å². The van der Waals surface area contributed by atoms with Gasteiger partial charge in [0, 0.05) is 49.5 Å². The van der Waals surface area contributed by atoms with Crippen molar-refractivity contribution in [3.05, 3.63) is 36.5 Å². The van der Waals surface area contributed by atoms with Gasteiger partial charge in [0.1, 0.15) is 0 Å². The fraction of sp³-hybridized carbons (Fsp3) is 0.550. The third-order valence-electron chi connectivity index (χ3n) is 4.51. The van der Waals surface area contributed by atoms with Crippen molar-refractivity contribution in [2.45, 2.75) is 20.3 Å². The molecule has 1 aliphatic heterocycles. The SMILES string of the molecule is C=C(Nc1ccc(N)cc1)[C@@H]1CCN(C)C1.CCN(C)CCNC(C)=O. The molecule has 0 aromatic heterocycles. The zero-order valence-corrected chi connectivity index (χ0v) is 16.7. The van der Waals surface area contributed by atoms with Crippen molar-refractivity contribution in [3.63, 3.8) is 0 Å². The van der Waals surface area contributed by atoms with Gasteiger partial charge < -0.3 is 26.2 Å². The molecule has 0 saturated carbocycles. The van der Waals surface area contributed by atoms with Gasteiger partial charge in [-0.1, -0.05) is 13.5 Å². The summed E-state index contributed by atoms with van der Waals surface area (Å²) in [7, 11) is 4.18. The molecule has 1 aliphatic rings. The summed E-state index contributed by atoms with van der Waals surface area (Å²) in [6, 6.07) is 7.77. The van der Waals surface area contributed by atoms with Gasteiger partial charge in [-0.2, -0.15) is 0 Å². The summed E-state index contributed by atoms with van der Waals surface area (Å²) in [5.41, 5.74) is 8.60. The van der Waals surface area contributed by atoms with Crippen LogP contribution in [0.3, 0.4) is 0 Å². The molecule has 1 amide bonds. The van der Waals surface area contributed by atoms with Crippen LogP contribution in [0, 0.1) is 5.92 Å². The molecule has 0 unspecified atom stereocenters. The minimum atomic E-state index is 0.0458. The smallest absolute Gasteiger partial charge is 0.216 e. The topological polar surface area (TPSA) is 73.6 Å². The summed E-state index contributed by atoms with van der Waals surface area (Å²) < 4.78 is 0. The zero-order valence-electron chi connectivity index (χ0n) is 16.7. The predicted octanol–water partition coefficient (Wildman–Crippen LogP) is 2.22. The number of amides is 1. The van der Waals surface area contributed by atoms with Gasteiger partial charge in [-0.05, 0) is 57.9 Å². The van der Waals surface area contributed by atoms with E-state index in [1.807, 2.05) is 31.3 Å². The van der Waals surface area contributed by atoms with E-state index in [1.54, 1.807) is 0 Å². The first kappa shape index (κ1) is 22.0. The Kier molecular flexibility index (Phi) is 9.76. The number of carbonyl (C=O) groups excluding carboxylic acids is 1. The van der Waals surface area contributed by atoms with Crippen LogP contribution >= 0.6 is 0 Å². The van der Waals surface area contributed by atoms with Crippen molar-refractivity contribution in [1.29, 1.82) is 0 Å². The molecule has 4 N–H and O–H groups in total. The largest absolute Gasteiger partial charge is 0.399 e. The lowest BCUT2D eigenvalue weighted by Crippen LogP contribution is -2.31. The molecule has 26 heavy (non-hydrogen) atoms. The van der Waals surface area contributed by atoms with Crippen LogP contribution in [0.1, 0.15) is 20.3 Å². The number of nitrogens with zero attached hydrogens (tertiary/aromatic N) is 2. The van der Waals surface area contributed by atoms with Gasteiger partial charge in [0.15, 0.2) is 0 Å². The predicted molar refractivity (Wildman–Crippen MR) is 111 cm³/mol. The van der Waals surface area contributed by atoms with Crippen LogP contribution in [-0.2, 0) is 4.79 Å². The minimum Gasteiger partial charge on any atom is -0.399 e. The zero-order chi connectivity index (χ0) is 19.5. The number of nitrogens with one attached hydrogen (secondary N) is 2. The van der Waals surface area contributed by atoms with Crippen molar-refractivity contribution in [3.8, 4) is 0 Å². The lowest BCUT2D eigenvalue weighted by molar-refractivity contribution is -0.118. The number of carbonyl (C=O) groups is 1. The molecule has 1 aromatic rings. The first-order valence-electron chi connectivity index (χ1n) is 9.24. The maximum Gasteiger partial charge on any atom is 0.216 e. The lowest BCUT2D eigenvalue weighted by Gasteiger charge is -2.16. The number of hydrogen-bond donors (Lipinski definition) is 3. The molecule has 0 aliphatic carbocycles. The molecule has 2 rings (SSSR count). The number of likely N-dealkylation sites (N-methyl/N-ethyl adjacent to an activating group) is 1. The van der Waals surface area contributed by atoms with E-state index in [0.717, 1.165) is 49.8 Å². The second-order valence-electron chi connectivity index (χ2n) is 6.90. The summed E-state index contributed by atoms with van der Waals surface area (Å²) in [6.07, 6.45) is 1.19. The van der Waals surface area contributed by atoms with E-state index in [4.69, 9.17) is 5.73 Å². The first-order chi connectivity index (χ1) is 12.3. The molecule has 0 radical (unpaired) electrons. The number of benzene rings is 1. The number of nitrogens with two attached hydrogens (primary N) is 1. The van der Waals surface area contributed by atoms with Gasteiger partial charge in [0.25, 0.3) is 0 Å². The highest BCUT2D eigenvalue weighted by Crippen LogP contribution is 2.23. The number of likely N-dealkylation sites (tertiary alicyclic amines) is 1. The Balaban J connectivity index is 0.000000294. The second kappa shape index (κ2) is 11.5. The molecule has 146 valence electrons. The Hall–Kier alpha value is -2.05. The van der Waals surface area contributed by atoms with Crippen LogP contribution in [0.5, 0.6) is 0 Å². The third kappa shape index (κ3) is 8.87. The first-order valence-corrected chi connectivity index (χ1v) is 9.24. The van der Waals surface area contributed by atoms with Gasteiger partial charge in [0.2, 0.25) is 5.91 Å². The summed E-state index contributed by atoms with van der Waals surface area (Å²) in [6.45, 7) is 12.7. The van der Waals surface area contributed by atoms with E-state index in [9.17, 15) is 4.79 Å². The average molecular weight is 362 g/mol. The van der Waals surface area contributed by atoms with Gasteiger partial charge in [-0.3, -0.25) is 4.79 Å². The molecule has 0 bridgehead atoms. The average Bonchev–Trinajstić information content (AvgIpc) is 3.03. The Morgan fingerprint density at radius 1 is 1.38 bits per heavy atom. The maximum atomic E-state index is 10.4. The van der Waals surface area contributed by atoms with Crippen molar-refractivity contribution >= 4 is 17.3 Å². The van der Waals surface area contributed by atoms with Crippen molar-refractivity contribution in [2.24, 2.45) is 5.92 Å². The molecule has 1 heterocycles. The summed E-state index contributed by atoms with van der Waals surface area (Å²) in [5.74, 6) is 0.604. The van der Waals surface area contributed by atoms with Gasteiger partial charge >= 0.3 is 0 Å². The maximum absolute atomic E-state index is 10.4. The second-order valence-corrected chi connectivity index (χ2v) is 6.90. The quantitative estimate of drug-likeness (QED) is 0.650. The molecular weight excluding hydrogens is 326 g/mol. The monoisotopic (exact) mass is 361 g/mol. The van der Waals surface area contributed by atoms with E-state index in [2.05, 4.69) is 41.0 Å². The van der Waals surface area contributed by atoms with Gasteiger partial charge in [0.05, 0.1) is 0 Å². The Morgan fingerprint density at radius 3 is 2.54 bits per heavy atom. The summed E-state index contributed by atoms with van der Waals surface area (Å²) >= 11 is 0. The standard InChI is InChI=1S/C13H19N3.C7H16N2O/c1-10(11-7-8-16(2)9-11)15-13-5-3-12(14)4-6-13;1-4-9(3)6-5-8-7(2)10/h3-6,11,15H,1,7-9,14H2,2H3;4-6H2,1-3H3,(H,8,10)/t11-;/m1./s1. The minimum absolute atomic E-state index is 0.0458. The van der Waals surface area contributed by atoms with E-state index in [1.165, 1.54) is 13.3 Å². The molecule has 1 aromatic carbocycles. The Morgan fingerprint density at radius 2 is 2.04 bits per heavy atom. The highest BCUT2D eigenvalue weighted by Gasteiger charge is 2.21. The summed E-state index contributed by atoms with van der Waals surface area (Å²) in [4.78, 5) is 14.9. The number of nitrogen functional groups attached to an aromatic ring is 1. The van der Waals surface area contributed by atoms with Gasteiger partial charge in [-0.25, -0.2) is 0 Å². The Bertz CT molecular complexity index is 558. The molecular formula is C20H35N5O. The number of anilines is 2. The van der Waals surface area contributed by atoms with Crippen molar-refractivity contribution < 1.29 is 4.79 Å². The fourth-order valence-corrected chi connectivity index (χ4v) is 2.65. The normalized spacial score (nSPS) is 16.7. The molecule has 1 atom stereocenters.